The standard InChI is InChI=1S/C12H13ClN2O/c1-9(6-7-14)15(2)12-10(8-16)4-3-5-11(12)13/h3-5,8-9H,6H2,1-2H3. The molecule has 16 heavy (non-hydrogen) atoms. The zero-order chi connectivity index (χ0) is 12.1. The molecule has 0 amide bonds. The molecule has 0 radical (unpaired) electrons. The highest BCUT2D eigenvalue weighted by molar-refractivity contribution is 6.33. The predicted molar refractivity (Wildman–Crippen MR) is 64.9 cm³/mol. The Balaban J connectivity index is 3.12. The fraction of sp³-hybridized carbons (Fsp3) is 0.333. The minimum atomic E-state index is 0.0172. The fourth-order valence-electron chi connectivity index (χ4n) is 1.49. The van der Waals surface area contributed by atoms with Crippen molar-refractivity contribution in [3.63, 3.8) is 0 Å². The van der Waals surface area contributed by atoms with Gasteiger partial charge in [-0.1, -0.05) is 17.7 Å². The first-order chi connectivity index (χ1) is 7.61. The van der Waals surface area contributed by atoms with Crippen molar-refractivity contribution in [3.05, 3.63) is 28.8 Å². The van der Waals surface area contributed by atoms with Crippen LogP contribution in [0.2, 0.25) is 5.02 Å². The minimum Gasteiger partial charge on any atom is -0.369 e. The van der Waals surface area contributed by atoms with Gasteiger partial charge >= 0.3 is 0 Å². The second-order valence-corrected chi connectivity index (χ2v) is 4.02. The van der Waals surface area contributed by atoms with Crippen LogP contribution >= 0.6 is 11.6 Å². The normalized spacial score (nSPS) is 11.6. The van der Waals surface area contributed by atoms with E-state index in [2.05, 4.69) is 6.07 Å². The van der Waals surface area contributed by atoms with Crippen LogP contribution in [0.4, 0.5) is 5.69 Å². The number of aldehydes is 1. The SMILES string of the molecule is CC(CC#N)N(C)c1c(Cl)cccc1C=O. The molecule has 0 aliphatic rings. The maximum Gasteiger partial charge on any atom is 0.152 e. The zero-order valence-corrected chi connectivity index (χ0v) is 10.0. The van der Waals surface area contributed by atoms with E-state index in [1.54, 1.807) is 18.2 Å². The van der Waals surface area contributed by atoms with E-state index < -0.39 is 0 Å². The molecule has 4 heteroatoms. The number of halogens is 1. The second kappa shape index (κ2) is 5.53. The summed E-state index contributed by atoms with van der Waals surface area (Å²) in [4.78, 5) is 12.8. The van der Waals surface area contributed by atoms with Gasteiger partial charge < -0.3 is 4.90 Å². The van der Waals surface area contributed by atoms with Gasteiger partial charge in [-0.15, -0.1) is 0 Å². The summed E-state index contributed by atoms with van der Waals surface area (Å²) < 4.78 is 0. The second-order valence-electron chi connectivity index (χ2n) is 3.62. The summed E-state index contributed by atoms with van der Waals surface area (Å²) in [6.45, 7) is 1.92. The highest BCUT2D eigenvalue weighted by atomic mass is 35.5. The van der Waals surface area contributed by atoms with Crippen molar-refractivity contribution in [2.24, 2.45) is 0 Å². The van der Waals surface area contributed by atoms with Gasteiger partial charge in [-0.05, 0) is 19.1 Å². The summed E-state index contributed by atoms with van der Waals surface area (Å²) in [5, 5.41) is 9.17. The van der Waals surface area contributed by atoms with Crippen LogP contribution in [-0.4, -0.2) is 19.4 Å². The number of carbonyl (C=O) groups is 1. The number of anilines is 1. The molecular formula is C12H13ClN2O. The lowest BCUT2D eigenvalue weighted by molar-refractivity contribution is 0.112. The molecule has 0 aromatic heterocycles. The molecular weight excluding hydrogens is 224 g/mol. The van der Waals surface area contributed by atoms with Gasteiger partial charge in [-0.3, -0.25) is 4.79 Å². The highest BCUT2D eigenvalue weighted by Crippen LogP contribution is 2.29. The van der Waals surface area contributed by atoms with E-state index in [9.17, 15) is 4.79 Å². The third kappa shape index (κ3) is 2.53. The number of benzene rings is 1. The van der Waals surface area contributed by atoms with Crippen molar-refractivity contribution in [1.82, 2.24) is 0 Å². The first kappa shape index (κ1) is 12.5. The fourth-order valence-corrected chi connectivity index (χ4v) is 1.80. The molecule has 0 fully saturated rings. The van der Waals surface area contributed by atoms with Crippen LogP contribution in [0.15, 0.2) is 18.2 Å². The van der Waals surface area contributed by atoms with E-state index in [1.165, 1.54) is 0 Å². The highest BCUT2D eigenvalue weighted by Gasteiger charge is 2.16. The van der Waals surface area contributed by atoms with Gasteiger partial charge in [0.15, 0.2) is 6.29 Å². The van der Waals surface area contributed by atoms with E-state index in [4.69, 9.17) is 16.9 Å². The van der Waals surface area contributed by atoms with Crippen LogP contribution in [0.5, 0.6) is 0 Å². The van der Waals surface area contributed by atoms with Crippen molar-refractivity contribution in [2.75, 3.05) is 11.9 Å². The first-order valence-electron chi connectivity index (χ1n) is 4.95. The van der Waals surface area contributed by atoms with Gasteiger partial charge in [0.05, 0.1) is 23.2 Å². The number of carbonyl (C=O) groups excluding carboxylic acids is 1. The molecule has 0 spiro atoms. The van der Waals surface area contributed by atoms with E-state index in [-0.39, 0.29) is 6.04 Å². The Morgan fingerprint density at radius 1 is 1.62 bits per heavy atom. The zero-order valence-electron chi connectivity index (χ0n) is 9.27. The number of rotatable bonds is 4. The molecule has 1 rings (SSSR count). The van der Waals surface area contributed by atoms with Crippen molar-refractivity contribution in [2.45, 2.75) is 19.4 Å². The number of para-hydroxylation sites is 1. The molecule has 3 nitrogen and oxygen atoms in total. The van der Waals surface area contributed by atoms with E-state index in [0.717, 1.165) is 6.29 Å². The lowest BCUT2D eigenvalue weighted by Gasteiger charge is -2.27. The summed E-state index contributed by atoms with van der Waals surface area (Å²) in [6.07, 6.45) is 1.16. The average Bonchev–Trinajstić information content (AvgIpc) is 2.28. The van der Waals surface area contributed by atoms with Gasteiger partial charge in [0, 0.05) is 18.7 Å². The van der Waals surface area contributed by atoms with Crippen molar-refractivity contribution < 1.29 is 4.79 Å². The van der Waals surface area contributed by atoms with E-state index >= 15 is 0 Å². The maximum absolute atomic E-state index is 10.9. The topological polar surface area (TPSA) is 44.1 Å². The molecule has 0 aliphatic carbocycles. The third-order valence-corrected chi connectivity index (χ3v) is 2.85. The molecule has 1 aromatic rings. The monoisotopic (exact) mass is 236 g/mol. The average molecular weight is 237 g/mol. The molecule has 1 unspecified atom stereocenters. The Labute approximate surface area is 100 Å². The molecule has 1 atom stereocenters. The van der Waals surface area contributed by atoms with Crippen molar-refractivity contribution in [1.29, 1.82) is 5.26 Å². The van der Waals surface area contributed by atoms with Crippen LogP contribution in [0.3, 0.4) is 0 Å². The quantitative estimate of drug-likeness (QED) is 0.755. The van der Waals surface area contributed by atoms with Gasteiger partial charge in [0.1, 0.15) is 0 Å². The summed E-state index contributed by atoms with van der Waals surface area (Å²) in [6, 6.07) is 7.30. The Morgan fingerprint density at radius 3 is 2.88 bits per heavy atom. The van der Waals surface area contributed by atoms with E-state index in [1.807, 2.05) is 18.9 Å². The van der Waals surface area contributed by atoms with E-state index in [0.29, 0.717) is 22.7 Å². The molecule has 0 bridgehead atoms. The van der Waals surface area contributed by atoms with Gasteiger partial charge in [0.2, 0.25) is 0 Å². The van der Waals surface area contributed by atoms with Crippen LogP contribution in [0.1, 0.15) is 23.7 Å². The summed E-state index contributed by atoms with van der Waals surface area (Å²) >= 11 is 6.06. The number of nitriles is 1. The molecule has 0 heterocycles. The Morgan fingerprint density at radius 2 is 2.31 bits per heavy atom. The Kier molecular flexibility index (Phi) is 4.33. The van der Waals surface area contributed by atoms with Crippen molar-refractivity contribution in [3.8, 4) is 6.07 Å². The minimum absolute atomic E-state index is 0.0172. The van der Waals surface area contributed by atoms with Crippen LogP contribution in [0.25, 0.3) is 0 Å². The molecule has 0 saturated heterocycles. The largest absolute Gasteiger partial charge is 0.369 e. The van der Waals surface area contributed by atoms with Crippen LogP contribution in [0, 0.1) is 11.3 Å². The van der Waals surface area contributed by atoms with Crippen molar-refractivity contribution >= 4 is 23.6 Å². The Hall–Kier alpha value is -1.53. The summed E-state index contributed by atoms with van der Waals surface area (Å²) in [5.41, 5.74) is 1.22. The maximum atomic E-state index is 10.9. The number of hydrogen-bond acceptors (Lipinski definition) is 3. The van der Waals surface area contributed by atoms with Gasteiger partial charge in [0.25, 0.3) is 0 Å². The van der Waals surface area contributed by atoms with Gasteiger partial charge in [-0.2, -0.15) is 5.26 Å². The first-order valence-corrected chi connectivity index (χ1v) is 5.33. The van der Waals surface area contributed by atoms with Gasteiger partial charge in [-0.25, -0.2) is 0 Å². The predicted octanol–water partition coefficient (Wildman–Crippen LogP) is 2.89. The number of nitrogens with zero attached hydrogens (tertiary/aromatic N) is 2. The molecule has 84 valence electrons. The smallest absolute Gasteiger partial charge is 0.152 e. The third-order valence-electron chi connectivity index (χ3n) is 2.55. The lowest BCUT2D eigenvalue weighted by atomic mass is 10.1. The molecule has 0 saturated carbocycles. The van der Waals surface area contributed by atoms with Crippen LogP contribution in [-0.2, 0) is 0 Å². The molecule has 0 N–H and O–H groups in total. The number of hydrogen-bond donors (Lipinski definition) is 0. The summed E-state index contributed by atoms with van der Waals surface area (Å²) in [5.74, 6) is 0. The Bertz CT molecular complexity index is 426. The van der Waals surface area contributed by atoms with Crippen LogP contribution < -0.4 is 4.90 Å². The summed E-state index contributed by atoms with van der Waals surface area (Å²) in [7, 11) is 1.83. The molecule has 0 aliphatic heterocycles. The lowest BCUT2D eigenvalue weighted by Crippen LogP contribution is -2.29. The molecule has 1 aromatic carbocycles.